The first-order chi connectivity index (χ1) is 9.52. The van der Waals surface area contributed by atoms with E-state index in [4.69, 9.17) is 5.11 Å². The number of hydrogen-bond donors (Lipinski definition) is 3. The molecular weight excluding hydrogens is 260 g/mol. The molecule has 1 aliphatic rings. The number of aliphatic hydroxyl groups is 1. The maximum absolute atomic E-state index is 11.4. The SMILES string of the molecule is O=C(O)c1ccc2c(c1C(=O)O)C(O)c1ccccc1-2. The molecule has 0 heterocycles. The standard InChI is InChI=1S/C15H10O5/c16-13-9-4-2-1-3-7(9)8-5-6-10(14(17)18)12(11(8)13)15(19)20/h1-6,13,16H,(H,17,18)(H,19,20). The Morgan fingerprint density at radius 2 is 1.60 bits per heavy atom. The second-order valence-electron chi connectivity index (χ2n) is 4.55. The van der Waals surface area contributed by atoms with Crippen LogP contribution < -0.4 is 0 Å². The molecule has 20 heavy (non-hydrogen) atoms. The molecule has 2 aromatic rings. The smallest absolute Gasteiger partial charge is 0.336 e. The third-order valence-electron chi connectivity index (χ3n) is 3.51. The molecule has 0 aliphatic heterocycles. The molecule has 0 saturated heterocycles. The van der Waals surface area contributed by atoms with Gasteiger partial charge in [0.2, 0.25) is 0 Å². The van der Waals surface area contributed by atoms with Gasteiger partial charge < -0.3 is 15.3 Å². The van der Waals surface area contributed by atoms with E-state index in [2.05, 4.69) is 0 Å². The lowest BCUT2D eigenvalue weighted by atomic mass is 9.95. The van der Waals surface area contributed by atoms with Crippen LogP contribution in [-0.4, -0.2) is 27.3 Å². The van der Waals surface area contributed by atoms with E-state index in [1.807, 2.05) is 0 Å². The van der Waals surface area contributed by atoms with Crippen LogP contribution in [0.3, 0.4) is 0 Å². The van der Waals surface area contributed by atoms with Gasteiger partial charge in [-0.05, 0) is 22.8 Å². The number of aliphatic hydroxyl groups excluding tert-OH is 1. The van der Waals surface area contributed by atoms with Gasteiger partial charge >= 0.3 is 11.9 Å². The maximum Gasteiger partial charge on any atom is 0.336 e. The largest absolute Gasteiger partial charge is 0.478 e. The third kappa shape index (κ3) is 1.53. The molecule has 2 aromatic carbocycles. The maximum atomic E-state index is 11.4. The van der Waals surface area contributed by atoms with Gasteiger partial charge in [-0.2, -0.15) is 0 Å². The molecule has 0 fully saturated rings. The summed E-state index contributed by atoms with van der Waals surface area (Å²) in [6.07, 6.45) is -1.12. The van der Waals surface area contributed by atoms with Gasteiger partial charge in [0.05, 0.1) is 11.1 Å². The monoisotopic (exact) mass is 270 g/mol. The Hall–Kier alpha value is -2.66. The number of hydrogen-bond acceptors (Lipinski definition) is 3. The molecule has 0 spiro atoms. The molecular formula is C15H10O5. The summed E-state index contributed by atoms with van der Waals surface area (Å²) in [6, 6.07) is 9.81. The van der Waals surface area contributed by atoms with Crippen molar-refractivity contribution in [3.8, 4) is 11.1 Å². The molecule has 5 nitrogen and oxygen atoms in total. The molecule has 1 unspecified atom stereocenters. The van der Waals surface area contributed by atoms with Crippen LogP contribution in [0, 0.1) is 0 Å². The highest BCUT2D eigenvalue weighted by Crippen LogP contribution is 2.45. The van der Waals surface area contributed by atoms with Crippen LogP contribution >= 0.6 is 0 Å². The Balaban J connectivity index is 2.38. The first-order valence-corrected chi connectivity index (χ1v) is 5.93. The summed E-state index contributed by atoms with van der Waals surface area (Å²) < 4.78 is 0. The first kappa shape index (κ1) is 12.4. The number of carboxylic acid groups (broad SMARTS) is 2. The van der Waals surface area contributed by atoms with Crippen molar-refractivity contribution < 1.29 is 24.9 Å². The van der Waals surface area contributed by atoms with Gasteiger partial charge in [0.15, 0.2) is 0 Å². The van der Waals surface area contributed by atoms with Crippen molar-refractivity contribution in [3.63, 3.8) is 0 Å². The zero-order valence-corrected chi connectivity index (χ0v) is 10.2. The molecule has 0 saturated carbocycles. The zero-order valence-electron chi connectivity index (χ0n) is 10.2. The van der Waals surface area contributed by atoms with Crippen LogP contribution in [-0.2, 0) is 0 Å². The Bertz CT molecular complexity index is 748. The van der Waals surface area contributed by atoms with Crippen molar-refractivity contribution >= 4 is 11.9 Å². The van der Waals surface area contributed by atoms with Gasteiger partial charge in [-0.15, -0.1) is 0 Å². The molecule has 1 atom stereocenters. The third-order valence-corrected chi connectivity index (χ3v) is 3.51. The van der Waals surface area contributed by atoms with Crippen molar-refractivity contribution in [1.82, 2.24) is 0 Å². The highest BCUT2D eigenvalue weighted by molar-refractivity contribution is 6.05. The van der Waals surface area contributed by atoms with Crippen LogP contribution in [0.25, 0.3) is 11.1 Å². The second-order valence-corrected chi connectivity index (χ2v) is 4.55. The lowest BCUT2D eigenvalue weighted by Crippen LogP contribution is -2.13. The Morgan fingerprint density at radius 1 is 0.900 bits per heavy atom. The van der Waals surface area contributed by atoms with Gasteiger partial charge in [-0.1, -0.05) is 30.3 Å². The topological polar surface area (TPSA) is 94.8 Å². The molecule has 0 radical (unpaired) electrons. The summed E-state index contributed by atoms with van der Waals surface area (Å²) >= 11 is 0. The van der Waals surface area contributed by atoms with E-state index in [9.17, 15) is 19.8 Å². The number of benzene rings is 2. The fourth-order valence-corrected chi connectivity index (χ4v) is 2.68. The van der Waals surface area contributed by atoms with E-state index < -0.39 is 18.0 Å². The van der Waals surface area contributed by atoms with E-state index in [0.717, 1.165) is 5.56 Å². The molecule has 0 bridgehead atoms. The average molecular weight is 270 g/mol. The highest BCUT2D eigenvalue weighted by Gasteiger charge is 2.34. The van der Waals surface area contributed by atoms with E-state index >= 15 is 0 Å². The number of fused-ring (bicyclic) bond motifs is 3. The van der Waals surface area contributed by atoms with E-state index in [1.165, 1.54) is 6.07 Å². The van der Waals surface area contributed by atoms with Crippen molar-refractivity contribution in [2.45, 2.75) is 6.10 Å². The minimum Gasteiger partial charge on any atom is -0.478 e. The van der Waals surface area contributed by atoms with E-state index in [-0.39, 0.29) is 16.7 Å². The zero-order chi connectivity index (χ0) is 14.4. The summed E-state index contributed by atoms with van der Waals surface area (Å²) in [6.45, 7) is 0. The number of carboxylic acids is 2. The van der Waals surface area contributed by atoms with Crippen LogP contribution in [0.5, 0.6) is 0 Å². The molecule has 5 heteroatoms. The molecule has 0 aromatic heterocycles. The Kier molecular flexibility index (Phi) is 2.59. The lowest BCUT2D eigenvalue weighted by Gasteiger charge is -2.11. The van der Waals surface area contributed by atoms with Crippen molar-refractivity contribution in [2.75, 3.05) is 0 Å². The van der Waals surface area contributed by atoms with Gasteiger partial charge in [-0.25, -0.2) is 9.59 Å². The average Bonchev–Trinajstić information content (AvgIpc) is 2.72. The molecule has 1 aliphatic carbocycles. The van der Waals surface area contributed by atoms with E-state index in [1.54, 1.807) is 30.3 Å². The summed E-state index contributed by atoms with van der Waals surface area (Å²) in [5, 5.41) is 28.7. The quantitative estimate of drug-likeness (QED) is 0.777. The fourth-order valence-electron chi connectivity index (χ4n) is 2.68. The predicted octanol–water partition coefficient (Wildman–Crippen LogP) is 2.15. The van der Waals surface area contributed by atoms with Crippen molar-refractivity contribution in [2.24, 2.45) is 0 Å². The molecule has 0 amide bonds. The van der Waals surface area contributed by atoms with Gasteiger partial charge in [-0.3, -0.25) is 0 Å². The normalized spacial score (nSPS) is 15.6. The second kappa shape index (κ2) is 4.18. The minimum absolute atomic E-state index is 0.151. The number of aromatic carboxylic acids is 2. The van der Waals surface area contributed by atoms with Crippen LogP contribution in [0.15, 0.2) is 36.4 Å². The fraction of sp³-hybridized carbons (Fsp3) is 0.0667. The summed E-state index contributed by atoms with van der Waals surface area (Å²) in [5.41, 5.74) is 1.37. The van der Waals surface area contributed by atoms with Gasteiger partial charge in [0.25, 0.3) is 0 Å². The number of carbonyl (C=O) groups is 2. The first-order valence-electron chi connectivity index (χ1n) is 5.93. The van der Waals surface area contributed by atoms with Crippen molar-refractivity contribution in [3.05, 3.63) is 58.7 Å². The summed E-state index contributed by atoms with van der Waals surface area (Å²) in [7, 11) is 0. The van der Waals surface area contributed by atoms with Crippen LogP contribution in [0.2, 0.25) is 0 Å². The Labute approximate surface area is 113 Å². The van der Waals surface area contributed by atoms with Gasteiger partial charge in [0.1, 0.15) is 6.10 Å². The van der Waals surface area contributed by atoms with E-state index in [0.29, 0.717) is 11.1 Å². The lowest BCUT2D eigenvalue weighted by molar-refractivity contribution is 0.0648. The highest BCUT2D eigenvalue weighted by atomic mass is 16.4. The molecule has 3 N–H and O–H groups in total. The van der Waals surface area contributed by atoms with Gasteiger partial charge in [0, 0.05) is 5.56 Å². The van der Waals surface area contributed by atoms with Crippen molar-refractivity contribution in [1.29, 1.82) is 0 Å². The van der Waals surface area contributed by atoms with Crippen LogP contribution in [0.4, 0.5) is 0 Å². The Morgan fingerprint density at radius 3 is 2.25 bits per heavy atom. The minimum atomic E-state index is -1.36. The number of rotatable bonds is 2. The molecule has 100 valence electrons. The summed E-state index contributed by atoms with van der Waals surface area (Å²) in [4.78, 5) is 22.6. The van der Waals surface area contributed by atoms with Crippen LogP contribution in [0.1, 0.15) is 37.9 Å². The predicted molar refractivity (Wildman–Crippen MR) is 69.9 cm³/mol. The molecule has 3 rings (SSSR count). The summed E-state index contributed by atoms with van der Waals surface area (Å²) in [5.74, 6) is -2.68.